The van der Waals surface area contributed by atoms with Gasteiger partial charge in [0, 0.05) is 13.0 Å². The molecule has 4 nitrogen and oxygen atoms in total. The molecule has 0 saturated heterocycles. The zero-order valence-electron chi connectivity index (χ0n) is 6.56. The minimum atomic E-state index is -0.499. The van der Waals surface area contributed by atoms with E-state index in [0.717, 1.165) is 0 Å². The summed E-state index contributed by atoms with van der Waals surface area (Å²) in [5.41, 5.74) is 0.252. The number of aromatic hydroxyl groups is 1. The molecule has 12 heavy (non-hydrogen) atoms. The molecule has 1 aromatic carbocycles. The number of hydroxylamine groups is 1. The lowest BCUT2D eigenvalue weighted by molar-refractivity contribution is -0.121. The average molecular weight is 167 g/mol. The van der Waals surface area contributed by atoms with Crippen LogP contribution in [0.2, 0.25) is 0 Å². The summed E-state index contributed by atoms with van der Waals surface area (Å²) >= 11 is 0. The minimum Gasteiger partial charge on any atom is -0.508 e. The number of nitrogens with zero attached hydrogens (tertiary/aromatic N) is 1. The average Bonchev–Trinajstić information content (AvgIpc) is 2.03. The van der Waals surface area contributed by atoms with Crippen molar-refractivity contribution in [1.29, 1.82) is 0 Å². The molecular formula is C8H9NO3. The highest BCUT2D eigenvalue weighted by Gasteiger charge is 2.07. The molecular weight excluding hydrogens is 158 g/mol. The van der Waals surface area contributed by atoms with Crippen LogP contribution in [0.3, 0.4) is 0 Å². The Bertz CT molecular complexity index is 298. The first-order valence-electron chi connectivity index (χ1n) is 3.40. The van der Waals surface area contributed by atoms with E-state index in [-0.39, 0.29) is 11.4 Å². The summed E-state index contributed by atoms with van der Waals surface area (Å²) in [6, 6.07) is 5.80. The van der Waals surface area contributed by atoms with E-state index in [2.05, 4.69) is 0 Å². The number of anilines is 1. The summed E-state index contributed by atoms with van der Waals surface area (Å²) in [5.74, 6) is -0.492. The van der Waals surface area contributed by atoms with Crippen molar-refractivity contribution < 1.29 is 15.1 Å². The molecule has 4 heteroatoms. The lowest BCUT2D eigenvalue weighted by Crippen LogP contribution is -2.23. The molecule has 0 atom stereocenters. The van der Waals surface area contributed by atoms with Gasteiger partial charge in [0.25, 0.3) is 0 Å². The van der Waals surface area contributed by atoms with Crippen LogP contribution in [-0.4, -0.2) is 16.2 Å². The number of benzene rings is 1. The molecule has 0 aromatic heterocycles. The smallest absolute Gasteiger partial charge is 0.247 e. The summed E-state index contributed by atoms with van der Waals surface area (Å²) in [7, 11) is 0. The molecule has 0 spiro atoms. The van der Waals surface area contributed by atoms with Crippen LogP contribution >= 0.6 is 0 Å². The van der Waals surface area contributed by atoms with E-state index >= 15 is 0 Å². The van der Waals surface area contributed by atoms with Gasteiger partial charge in [0.15, 0.2) is 0 Å². The van der Waals surface area contributed by atoms with Gasteiger partial charge >= 0.3 is 0 Å². The van der Waals surface area contributed by atoms with Crippen molar-refractivity contribution in [2.45, 2.75) is 6.92 Å². The van der Waals surface area contributed by atoms with Crippen molar-refractivity contribution in [3.05, 3.63) is 24.3 Å². The summed E-state index contributed by atoms with van der Waals surface area (Å²) < 4.78 is 0. The van der Waals surface area contributed by atoms with Gasteiger partial charge in [-0.05, 0) is 12.1 Å². The second kappa shape index (κ2) is 3.23. The summed E-state index contributed by atoms with van der Waals surface area (Å²) in [4.78, 5) is 10.6. The molecule has 0 heterocycles. The number of carbonyl (C=O) groups excluding carboxylic acids is 1. The number of amides is 1. The van der Waals surface area contributed by atoms with Gasteiger partial charge in [0.1, 0.15) is 5.75 Å². The molecule has 0 unspecified atom stereocenters. The zero-order chi connectivity index (χ0) is 9.14. The third-order valence-electron chi connectivity index (χ3n) is 1.37. The van der Waals surface area contributed by atoms with Gasteiger partial charge in [-0.1, -0.05) is 6.07 Å². The van der Waals surface area contributed by atoms with Crippen LogP contribution in [0, 0.1) is 0 Å². The lowest BCUT2D eigenvalue weighted by atomic mass is 10.3. The maximum Gasteiger partial charge on any atom is 0.247 e. The largest absolute Gasteiger partial charge is 0.508 e. The standard InChI is InChI=1S/C8H9NO3/c1-6(10)9(12)7-3-2-4-8(11)5-7/h2-5,11-12H,1H3. The van der Waals surface area contributed by atoms with Gasteiger partial charge in [-0.3, -0.25) is 10.0 Å². The number of rotatable bonds is 1. The third-order valence-corrected chi connectivity index (χ3v) is 1.37. The Kier molecular flexibility index (Phi) is 2.30. The molecule has 1 aromatic rings. The van der Waals surface area contributed by atoms with Crippen LogP contribution in [0.25, 0.3) is 0 Å². The van der Waals surface area contributed by atoms with Gasteiger partial charge in [0.05, 0.1) is 5.69 Å². The Morgan fingerprint density at radius 2 is 2.17 bits per heavy atom. The molecule has 0 fully saturated rings. The van der Waals surface area contributed by atoms with Crippen molar-refractivity contribution >= 4 is 11.6 Å². The minimum absolute atomic E-state index is 0.00722. The highest BCUT2D eigenvalue weighted by molar-refractivity contribution is 5.89. The Morgan fingerprint density at radius 1 is 1.50 bits per heavy atom. The maximum absolute atomic E-state index is 10.6. The van der Waals surface area contributed by atoms with E-state index in [0.29, 0.717) is 5.06 Å². The fraction of sp³-hybridized carbons (Fsp3) is 0.125. The number of carbonyl (C=O) groups is 1. The third kappa shape index (κ3) is 1.73. The molecule has 0 aliphatic carbocycles. The first kappa shape index (κ1) is 8.55. The van der Waals surface area contributed by atoms with Gasteiger partial charge in [0.2, 0.25) is 5.91 Å². The molecule has 0 bridgehead atoms. The monoisotopic (exact) mass is 167 g/mol. The normalized spacial score (nSPS) is 9.50. The van der Waals surface area contributed by atoms with Gasteiger partial charge in [-0.25, -0.2) is 0 Å². The fourth-order valence-electron chi connectivity index (χ4n) is 0.807. The van der Waals surface area contributed by atoms with Crippen molar-refractivity contribution in [3.63, 3.8) is 0 Å². The van der Waals surface area contributed by atoms with Gasteiger partial charge < -0.3 is 5.11 Å². The number of phenolic OH excluding ortho intramolecular Hbond substituents is 1. The van der Waals surface area contributed by atoms with Crippen LogP contribution in [0.1, 0.15) is 6.92 Å². The summed E-state index contributed by atoms with van der Waals surface area (Å²) in [6.45, 7) is 1.23. The molecule has 0 radical (unpaired) electrons. The second-order valence-electron chi connectivity index (χ2n) is 2.35. The fourth-order valence-corrected chi connectivity index (χ4v) is 0.807. The lowest BCUT2D eigenvalue weighted by Gasteiger charge is -2.11. The van der Waals surface area contributed by atoms with Crippen LogP contribution in [-0.2, 0) is 4.79 Å². The van der Waals surface area contributed by atoms with Crippen molar-refractivity contribution in [2.24, 2.45) is 0 Å². The SMILES string of the molecule is CC(=O)N(O)c1cccc(O)c1. The number of hydrogen-bond acceptors (Lipinski definition) is 3. The summed E-state index contributed by atoms with van der Waals surface area (Å²) in [5, 5.41) is 18.6. The van der Waals surface area contributed by atoms with Crippen molar-refractivity contribution in [3.8, 4) is 5.75 Å². The van der Waals surface area contributed by atoms with Crippen LogP contribution in [0.15, 0.2) is 24.3 Å². The molecule has 1 amide bonds. The molecule has 2 N–H and O–H groups in total. The molecule has 1 rings (SSSR count). The number of phenols is 1. The van der Waals surface area contributed by atoms with Gasteiger partial charge in [-0.2, -0.15) is 5.06 Å². The van der Waals surface area contributed by atoms with Crippen molar-refractivity contribution in [2.75, 3.05) is 5.06 Å². The van der Waals surface area contributed by atoms with Crippen LogP contribution in [0.4, 0.5) is 5.69 Å². The maximum atomic E-state index is 10.6. The van der Waals surface area contributed by atoms with E-state index in [4.69, 9.17) is 10.3 Å². The highest BCUT2D eigenvalue weighted by atomic mass is 16.5. The zero-order valence-corrected chi connectivity index (χ0v) is 6.56. The molecule has 0 aliphatic heterocycles. The van der Waals surface area contributed by atoms with E-state index in [1.165, 1.54) is 31.2 Å². The van der Waals surface area contributed by atoms with Crippen LogP contribution < -0.4 is 5.06 Å². The van der Waals surface area contributed by atoms with E-state index in [1.807, 2.05) is 0 Å². The predicted octanol–water partition coefficient (Wildman–Crippen LogP) is 1.13. The van der Waals surface area contributed by atoms with E-state index < -0.39 is 5.91 Å². The van der Waals surface area contributed by atoms with E-state index in [9.17, 15) is 4.79 Å². The Balaban J connectivity index is 2.95. The Labute approximate surface area is 69.6 Å². The predicted molar refractivity (Wildman–Crippen MR) is 43.1 cm³/mol. The molecule has 64 valence electrons. The van der Waals surface area contributed by atoms with Crippen molar-refractivity contribution in [1.82, 2.24) is 0 Å². The molecule has 0 saturated carbocycles. The highest BCUT2D eigenvalue weighted by Crippen LogP contribution is 2.18. The van der Waals surface area contributed by atoms with Gasteiger partial charge in [-0.15, -0.1) is 0 Å². The Hall–Kier alpha value is -1.55. The quantitative estimate of drug-likeness (QED) is 0.487. The molecule has 0 aliphatic rings. The van der Waals surface area contributed by atoms with E-state index in [1.54, 1.807) is 0 Å². The topological polar surface area (TPSA) is 60.8 Å². The summed E-state index contributed by atoms with van der Waals surface area (Å²) in [6.07, 6.45) is 0. The first-order chi connectivity index (χ1) is 5.61. The first-order valence-corrected chi connectivity index (χ1v) is 3.40. The number of hydrogen-bond donors (Lipinski definition) is 2. The Morgan fingerprint density at radius 3 is 2.67 bits per heavy atom. The van der Waals surface area contributed by atoms with Crippen LogP contribution in [0.5, 0.6) is 5.75 Å². The second-order valence-corrected chi connectivity index (χ2v) is 2.35.